The van der Waals surface area contributed by atoms with Gasteiger partial charge in [-0.1, -0.05) is 36.4 Å². The number of aromatic nitrogens is 1. The molecule has 1 unspecified atom stereocenters. The Kier molecular flexibility index (Phi) is 8.40. The molecule has 1 amide bonds. The molecule has 0 saturated carbocycles. The first-order chi connectivity index (χ1) is 12.7. The number of aliphatic hydroxyl groups is 1. The Balaban J connectivity index is 0.00000261. The fraction of sp³-hybridized carbons (Fsp3) is 0.263. The second kappa shape index (κ2) is 10.5. The Labute approximate surface area is 172 Å². The molecule has 0 bridgehead atoms. The molecule has 1 aromatic carbocycles. The monoisotopic (exact) mass is 423 g/mol. The summed E-state index contributed by atoms with van der Waals surface area (Å²) in [6.07, 6.45) is -0.0566. The maximum absolute atomic E-state index is 13.0. The number of aliphatic hydroxyl groups excluding tert-OH is 1. The van der Waals surface area contributed by atoms with Crippen molar-refractivity contribution in [2.75, 3.05) is 13.1 Å². The van der Waals surface area contributed by atoms with Crippen LogP contribution in [-0.2, 0) is 13.0 Å². The van der Waals surface area contributed by atoms with Crippen molar-refractivity contribution in [3.8, 4) is 0 Å². The van der Waals surface area contributed by atoms with Gasteiger partial charge in [-0.3, -0.25) is 4.79 Å². The molecule has 0 aliphatic rings. The molecule has 2 heterocycles. The number of thiophene rings is 1. The highest BCUT2D eigenvalue weighted by Crippen LogP contribution is 2.22. The summed E-state index contributed by atoms with van der Waals surface area (Å²) in [5.74, 6) is -0.177. The van der Waals surface area contributed by atoms with Gasteiger partial charge < -0.3 is 15.7 Å². The van der Waals surface area contributed by atoms with Crippen molar-refractivity contribution in [2.45, 2.75) is 19.1 Å². The van der Waals surface area contributed by atoms with Crippen molar-refractivity contribution >= 4 is 41.0 Å². The van der Waals surface area contributed by atoms with Gasteiger partial charge >= 0.3 is 0 Å². The number of amides is 1. The van der Waals surface area contributed by atoms with Crippen LogP contribution in [0.4, 0.5) is 0 Å². The third-order valence-electron chi connectivity index (χ3n) is 3.90. The summed E-state index contributed by atoms with van der Waals surface area (Å²) >= 11 is 2.93. The van der Waals surface area contributed by atoms with E-state index in [1.807, 2.05) is 47.8 Å². The lowest BCUT2D eigenvalue weighted by atomic mass is 10.2. The number of hydrogen-bond donors (Lipinski definition) is 2. The van der Waals surface area contributed by atoms with E-state index < -0.39 is 6.10 Å². The van der Waals surface area contributed by atoms with Gasteiger partial charge in [-0.05, 0) is 23.6 Å². The van der Waals surface area contributed by atoms with Crippen molar-refractivity contribution in [3.05, 3.63) is 74.4 Å². The molecule has 5 nitrogen and oxygen atoms in total. The number of carbonyl (C=O) groups excluding carboxylic acids is 1. The van der Waals surface area contributed by atoms with Crippen molar-refractivity contribution in [1.82, 2.24) is 9.88 Å². The van der Waals surface area contributed by atoms with Crippen molar-refractivity contribution in [3.63, 3.8) is 0 Å². The van der Waals surface area contributed by atoms with Crippen molar-refractivity contribution in [2.24, 2.45) is 5.73 Å². The van der Waals surface area contributed by atoms with Crippen LogP contribution in [0.25, 0.3) is 0 Å². The molecule has 0 aliphatic heterocycles. The van der Waals surface area contributed by atoms with Crippen LogP contribution in [-0.4, -0.2) is 34.0 Å². The van der Waals surface area contributed by atoms with E-state index in [1.54, 1.807) is 10.3 Å². The quantitative estimate of drug-likeness (QED) is 0.581. The molecule has 3 aromatic rings. The zero-order valence-electron chi connectivity index (χ0n) is 14.7. The number of nitrogens with zero attached hydrogens (tertiary/aromatic N) is 2. The van der Waals surface area contributed by atoms with Gasteiger partial charge in [0.05, 0.1) is 11.6 Å². The highest BCUT2D eigenvalue weighted by Gasteiger charge is 2.23. The van der Waals surface area contributed by atoms with E-state index >= 15 is 0 Å². The fourth-order valence-electron chi connectivity index (χ4n) is 2.61. The average molecular weight is 424 g/mol. The summed E-state index contributed by atoms with van der Waals surface area (Å²) in [7, 11) is 0. The van der Waals surface area contributed by atoms with Crippen LogP contribution in [0.1, 0.15) is 32.0 Å². The number of rotatable bonds is 8. The Morgan fingerprint density at radius 2 is 1.96 bits per heavy atom. The van der Waals surface area contributed by atoms with E-state index in [9.17, 15) is 9.90 Å². The second-order valence-corrected chi connectivity index (χ2v) is 7.79. The molecule has 0 spiro atoms. The van der Waals surface area contributed by atoms with E-state index in [1.165, 1.54) is 22.7 Å². The molecule has 8 heteroatoms. The minimum Gasteiger partial charge on any atom is -0.386 e. The standard InChI is InChI=1S/C19H21N3O2S2.ClH/c20-9-8-18-21-15(13-26-18)19(24)22(11-14-5-2-1-3-6-14)12-16(23)17-7-4-10-25-17;/h1-7,10,13,16,23H,8-9,11-12,20H2;1H. The summed E-state index contributed by atoms with van der Waals surface area (Å²) < 4.78 is 0. The van der Waals surface area contributed by atoms with Crippen molar-refractivity contribution < 1.29 is 9.90 Å². The van der Waals surface area contributed by atoms with Gasteiger partial charge in [0.1, 0.15) is 11.8 Å². The van der Waals surface area contributed by atoms with Crippen LogP contribution in [0.3, 0.4) is 0 Å². The van der Waals surface area contributed by atoms with Crippen LogP contribution in [0, 0.1) is 0 Å². The van der Waals surface area contributed by atoms with E-state index in [4.69, 9.17) is 5.73 Å². The largest absolute Gasteiger partial charge is 0.386 e. The van der Waals surface area contributed by atoms with Gasteiger partial charge in [0.2, 0.25) is 0 Å². The predicted molar refractivity (Wildman–Crippen MR) is 113 cm³/mol. The molecule has 1 atom stereocenters. The molecule has 0 saturated heterocycles. The third-order valence-corrected chi connectivity index (χ3v) is 5.78. The van der Waals surface area contributed by atoms with Crippen LogP contribution in [0.2, 0.25) is 0 Å². The van der Waals surface area contributed by atoms with Crippen LogP contribution in [0.15, 0.2) is 53.2 Å². The molecule has 2 aromatic heterocycles. The average Bonchev–Trinajstić information content (AvgIpc) is 3.34. The lowest BCUT2D eigenvalue weighted by Crippen LogP contribution is -2.34. The molecule has 0 aliphatic carbocycles. The second-order valence-electron chi connectivity index (χ2n) is 5.87. The summed E-state index contributed by atoms with van der Waals surface area (Å²) in [5, 5.41) is 15.1. The number of carbonyl (C=O) groups is 1. The number of hydrogen-bond acceptors (Lipinski definition) is 6. The Bertz CT molecular complexity index is 825. The summed E-state index contributed by atoms with van der Waals surface area (Å²) in [4.78, 5) is 19.9. The van der Waals surface area contributed by atoms with E-state index in [2.05, 4.69) is 4.98 Å². The third kappa shape index (κ3) is 5.85. The molecule has 3 N–H and O–H groups in total. The highest BCUT2D eigenvalue weighted by atomic mass is 35.5. The lowest BCUT2D eigenvalue weighted by Gasteiger charge is -2.24. The van der Waals surface area contributed by atoms with Gasteiger partial charge in [-0.15, -0.1) is 35.1 Å². The van der Waals surface area contributed by atoms with Crippen LogP contribution >= 0.6 is 35.1 Å². The fourth-order valence-corrected chi connectivity index (χ4v) is 4.10. The first-order valence-electron chi connectivity index (χ1n) is 8.36. The van der Waals surface area contributed by atoms with Gasteiger partial charge in [0.15, 0.2) is 0 Å². The lowest BCUT2D eigenvalue weighted by molar-refractivity contribution is 0.0604. The highest BCUT2D eigenvalue weighted by molar-refractivity contribution is 7.10. The minimum absolute atomic E-state index is 0. The molecule has 27 heavy (non-hydrogen) atoms. The maximum Gasteiger partial charge on any atom is 0.273 e. The molecular formula is C19H22ClN3O2S2. The SMILES string of the molecule is Cl.NCCc1nc(C(=O)N(Cc2ccccc2)CC(O)c2cccs2)cs1. The predicted octanol–water partition coefficient (Wildman–Crippen LogP) is 3.50. The zero-order valence-corrected chi connectivity index (χ0v) is 17.1. The molecule has 0 radical (unpaired) electrons. The molecule has 0 fully saturated rings. The van der Waals surface area contributed by atoms with E-state index in [0.717, 1.165) is 15.4 Å². The first kappa shape index (κ1) is 21.5. The Morgan fingerprint density at radius 1 is 1.19 bits per heavy atom. The first-order valence-corrected chi connectivity index (χ1v) is 10.1. The topological polar surface area (TPSA) is 79.5 Å². The maximum atomic E-state index is 13.0. The Morgan fingerprint density at radius 3 is 2.63 bits per heavy atom. The summed E-state index contributed by atoms with van der Waals surface area (Å²) in [6.45, 7) is 1.15. The van der Waals surface area contributed by atoms with Gasteiger partial charge in [0.25, 0.3) is 5.91 Å². The van der Waals surface area contributed by atoms with Gasteiger partial charge in [-0.25, -0.2) is 4.98 Å². The van der Waals surface area contributed by atoms with E-state index in [-0.39, 0.29) is 24.9 Å². The smallest absolute Gasteiger partial charge is 0.273 e. The van der Waals surface area contributed by atoms with Crippen LogP contribution in [0.5, 0.6) is 0 Å². The summed E-state index contributed by atoms with van der Waals surface area (Å²) in [5.41, 5.74) is 6.99. The van der Waals surface area contributed by atoms with Crippen LogP contribution < -0.4 is 5.73 Å². The number of halogens is 1. The molecule has 3 rings (SSSR count). The number of nitrogens with two attached hydrogens (primary N) is 1. The normalized spacial score (nSPS) is 11.6. The zero-order chi connectivity index (χ0) is 18.4. The van der Waals surface area contributed by atoms with Gasteiger partial charge in [0, 0.05) is 23.2 Å². The molecule has 144 valence electrons. The number of benzene rings is 1. The minimum atomic E-state index is -0.718. The van der Waals surface area contributed by atoms with Crippen molar-refractivity contribution in [1.29, 1.82) is 0 Å². The van der Waals surface area contributed by atoms with Gasteiger partial charge in [-0.2, -0.15) is 0 Å². The summed E-state index contributed by atoms with van der Waals surface area (Å²) in [6, 6.07) is 13.5. The van der Waals surface area contributed by atoms with E-state index in [0.29, 0.717) is 25.2 Å². The molecular weight excluding hydrogens is 402 g/mol. The number of thiazole rings is 1. The Hall–Kier alpha value is -1.77.